The predicted molar refractivity (Wildman–Crippen MR) is 106 cm³/mol. The lowest BCUT2D eigenvalue weighted by Crippen LogP contribution is -2.37. The molecule has 0 saturated heterocycles. The first-order chi connectivity index (χ1) is 11.9. The molecule has 24 heavy (non-hydrogen) atoms. The molecule has 136 valence electrons. The minimum absolute atomic E-state index is 0.737. The number of hydrogen-bond acceptors (Lipinski definition) is 1. The zero-order chi connectivity index (χ0) is 16.9. The van der Waals surface area contributed by atoms with Crippen LogP contribution >= 0.6 is 0 Å². The summed E-state index contributed by atoms with van der Waals surface area (Å²) in [5.74, 6) is 0.919. The second-order valence-electron chi connectivity index (χ2n) is 7.78. The van der Waals surface area contributed by atoms with E-state index in [4.69, 9.17) is 0 Å². The van der Waals surface area contributed by atoms with E-state index in [-0.39, 0.29) is 0 Å². The second kappa shape index (κ2) is 12.5. The molecule has 1 unspecified atom stereocenters. The van der Waals surface area contributed by atoms with Crippen LogP contribution in [0.5, 0.6) is 0 Å². The summed E-state index contributed by atoms with van der Waals surface area (Å²) < 4.78 is 0. The molecule has 1 atom stereocenters. The van der Waals surface area contributed by atoms with Gasteiger partial charge in [0.25, 0.3) is 0 Å². The Labute approximate surface area is 150 Å². The maximum Gasteiger partial charge on any atom is 0.0208 e. The Hall–Kier alpha value is -0.820. The molecule has 1 aliphatic rings. The fraction of sp³-hybridized carbons (Fsp3) is 0.739. The zero-order valence-electron chi connectivity index (χ0n) is 15.9. The summed E-state index contributed by atoms with van der Waals surface area (Å²) in [4.78, 5) is 0. The van der Waals surface area contributed by atoms with Crippen molar-refractivity contribution in [1.29, 1.82) is 0 Å². The van der Waals surface area contributed by atoms with Crippen molar-refractivity contribution in [2.24, 2.45) is 5.92 Å². The Morgan fingerprint density at radius 3 is 2.25 bits per heavy atom. The third-order valence-corrected chi connectivity index (χ3v) is 5.75. The fourth-order valence-corrected chi connectivity index (χ4v) is 4.21. The molecule has 1 N–H and O–H groups in total. The van der Waals surface area contributed by atoms with E-state index in [0.717, 1.165) is 18.5 Å². The molecule has 1 aliphatic carbocycles. The van der Waals surface area contributed by atoms with E-state index in [0.29, 0.717) is 0 Å². The summed E-state index contributed by atoms with van der Waals surface area (Å²) in [7, 11) is 0. The molecule has 1 saturated carbocycles. The van der Waals surface area contributed by atoms with Crippen molar-refractivity contribution >= 4 is 0 Å². The molecule has 0 spiro atoms. The molecular formula is C23H39N. The fourth-order valence-electron chi connectivity index (χ4n) is 4.21. The van der Waals surface area contributed by atoms with Crippen molar-refractivity contribution in [3.05, 3.63) is 35.9 Å². The average molecular weight is 330 g/mol. The van der Waals surface area contributed by atoms with Crippen LogP contribution in [0.15, 0.2) is 30.3 Å². The number of nitrogens with one attached hydrogen (secondary N) is 1. The van der Waals surface area contributed by atoms with Gasteiger partial charge in [0.05, 0.1) is 0 Å². The molecule has 0 amide bonds. The van der Waals surface area contributed by atoms with E-state index in [1.807, 2.05) is 0 Å². The van der Waals surface area contributed by atoms with E-state index in [9.17, 15) is 0 Å². The van der Waals surface area contributed by atoms with Crippen molar-refractivity contribution < 1.29 is 0 Å². The van der Waals surface area contributed by atoms with Crippen LogP contribution in [0.1, 0.15) is 96.0 Å². The Morgan fingerprint density at radius 2 is 1.54 bits per heavy atom. The number of rotatable bonds is 12. The van der Waals surface area contributed by atoms with E-state index < -0.39 is 0 Å². The molecule has 0 radical (unpaired) electrons. The lowest BCUT2D eigenvalue weighted by atomic mass is 9.82. The molecule has 1 aromatic rings. The van der Waals surface area contributed by atoms with Crippen LogP contribution in [0.4, 0.5) is 0 Å². The highest BCUT2D eigenvalue weighted by Gasteiger charge is 2.22. The van der Waals surface area contributed by atoms with E-state index >= 15 is 0 Å². The average Bonchev–Trinajstić information content (AvgIpc) is 2.65. The summed E-state index contributed by atoms with van der Waals surface area (Å²) in [5, 5.41) is 3.92. The summed E-state index contributed by atoms with van der Waals surface area (Å²) >= 11 is 0. The van der Waals surface area contributed by atoms with Gasteiger partial charge < -0.3 is 5.32 Å². The maximum atomic E-state index is 3.92. The Bertz CT molecular complexity index is 394. The highest BCUT2D eigenvalue weighted by molar-refractivity contribution is 5.14. The maximum absolute atomic E-state index is 3.92. The monoisotopic (exact) mass is 329 g/mol. The third kappa shape index (κ3) is 7.83. The van der Waals surface area contributed by atoms with Gasteiger partial charge in [-0.25, -0.2) is 0 Å². The van der Waals surface area contributed by atoms with Crippen LogP contribution < -0.4 is 5.32 Å². The van der Waals surface area contributed by atoms with Gasteiger partial charge in [-0.1, -0.05) is 101 Å². The van der Waals surface area contributed by atoms with Crippen LogP contribution in [0.2, 0.25) is 0 Å². The zero-order valence-corrected chi connectivity index (χ0v) is 15.9. The van der Waals surface area contributed by atoms with Gasteiger partial charge in [-0.2, -0.15) is 0 Å². The van der Waals surface area contributed by atoms with Crippen molar-refractivity contribution in [3.8, 4) is 0 Å². The SMILES string of the molecule is CCCCCCCCCC(NCc1ccccc1)C1CCCCC1. The van der Waals surface area contributed by atoms with Gasteiger partial charge in [-0.3, -0.25) is 0 Å². The van der Waals surface area contributed by atoms with Crippen LogP contribution in [0, 0.1) is 5.92 Å². The first-order valence-electron chi connectivity index (χ1n) is 10.7. The van der Waals surface area contributed by atoms with Gasteiger partial charge in [0.2, 0.25) is 0 Å². The Kier molecular flexibility index (Phi) is 10.2. The third-order valence-electron chi connectivity index (χ3n) is 5.75. The first-order valence-corrected chi connectivity index (χ1v) is 10.7. The number of hydrogen-bond donors (Lipinski definition) is 1. The minimum Gasteiger partial charge on any atom is -0.310 e. The highest BCUT2D eigenvalue weighted by Crippen LogP contribution is 2.29. The Balaban J connectivity index is 1.71. The smallest absolute Gasteiger partial charge is 0.0208 e. The lowest BCUT2D eigenvalue weighted by molar-refractivity contribution is 0.252. The standard InChI is InChI=1S/C23H39N/c1-2-3-4-5-6-7-14-19-23(22-17-12-9-13-18-22)24-20-21-15-10-8-11-16-21/h8,10-11,15-16,22-24H,2-7,9,12-14,17-20H2,1H3. The molecule has 0 aromatic heterocycles. The van der Waals surface area contributed by atoms with E-state index in [1.54, 1.807) is 0 Å². The Morgan fingerprint density at radius 1 is 0.875 bits per heavy atom. The molecule has 2 rings (SSSR count). The summed E-state index contributed by atoms with van der Waals surface area (Å²) in [5.41, 5.74) is 1.43. The van der Waals surface area contributed by atoms with E-state index in [1.165, 1.54) is 89.0 Å². The molecule has 1 nitrogen and oxygen atoms in total. The molecule has 1 aromatic carbocycles. The van der Waals surface area contributed by atoms with Gasteiger partial charge in [0.15, 0.2) is 0 Å². The molecular weight excluding hydrogens is 290 g/mol. The largest absolute Gasteiger partial charge is 0.310 e. The van der Waals surface area contributed by atoms with Gasteiger partial charge in [0, 0.05) is 12.6 Å². The topological polar surface area (TPSA) is 12.0 Å². The van der Waals surface area contributed by atoms with Crippen LogP contribution in [-0.4, -0.2) is 6.04 Å². The van der Waals surface area contributed by atoms with Crippen molar-refractivity contribution in [2.45, 2.75) is 103 Å². The highest BCUT2D eigenvalue weighted by atomic mass is 14.9. The molecule has 0 aliphatic heterocycles. The molecule has 1 heteroatoms. The van der Waals surface area contributed by atoms with Gasteiger partial charge in [-0.15, -0.1) is 0 Å². The number of benzene rings is 1. The number of unbranched alkanes of at least 4 members (excludes halogenated alkanes) is 6. The lowest BCUT2D eigenvalue weighted by Gasteiger charge is -2.31. The summed E-state index contributed by atoms with van der Waals surface area (Å²) in [6.07, 6.45) is 18.6. The van der Waals surface area contributed by atoms with Gasteiger partial charge in [-0.05, 0) is 30.7 Å². The first kappa shape index (κ1) is 19.5. The quantitative estimate of drug-likeness (QED) is 0.413. The van der Waals surface area contributed by atoms with Gasteiger partial charge >= 0.3 is 0 Å². The van der Waals surface area contributed by atoms with E-state index in [2.05, 4.69) is 42.6 Å². The van der Waals surface area contributed by atoms with Crippen molar-refractivity contribution in [3.63, 3.8) is 0 Å². The molecule has 0 bridgehead atoms. The molecule has 1 fully saturated rings. The van der Waals surface area contributed by atoms with Crippen molar-refractivity contribution in [1.82, 2.24) is 5.32 Å². The summed E-state index contributed by atoms with van der Waals surface area (Å²) in [6, 6.07) is 11.7. The minimum atomic E-state index is 0.737. The molecule has 0 heterocycles. The predicted octanol–water partition coefficient (Wildman–Crippen LogP) is 6.87. The van der Waals surface area contributed by atoms with Crippen LogP contribution in [-0.2, 0) is 6.54 Å². The van der Waals surface area contributed by atoms with Gasteiger partial charge in [0.1, 0.15) is 0 Å². The van der Waals surface area contributed by atoms with Crippen LogP contribution in [0.3, 0.4) is 0 Å². The van der Waals surface area contributed by atoms with Crippen molar-refractivity contribution in [2.75, 3.05) is 0 Å². The van der Waals surface area contributed by atoms with Crippen LogP contribution in [0.25, 0.3) is 0 Å². The second-order valence-corrected chi connectivity index (χ2v) is 7.78. The summed E-state index contributed by atoms with van der Waals surface area (Å²) in [6.45, 7) is 3.34. The normalized spacial score (nSPS) is 17.0.